The van der Waals surface area contributed by atoms with Gasteiger partial charge in [-0.1, -0.05) is 26.0 Å². The molecule has 0 saturated carbocycles. The van der Waals surface area contributed by atoms with Crippen LogP contribution in [0.3, 0.4) is 0 Å². The Hall–Kier alpha value is -2.75. The molecule has 0 unspecified atom stereocenters. The molecule has 1 amide bonds. The quantitative estimate of drug-likeness (QED) is 0.699. The number of methoxy groups -OCH3 is 2. The summed E-state index contributed by atoms with van der Waals surface area (Å²) < 4.78 is 10.6. The van der Waals surface area contributed by atoms with Gasteiger partial charge in [-0.15, -0.1) is 0 Å². The summed E-state index contributed by atoms with van der Waals surface area (Å²) >= 11 is 0. The van der Waals surface area contributed by atoms with Crippen molar-refractivity contribution in [2.45, 2.75) is 39.7 Å². The van der Waals surface area contributed by atoms with Crippen LogP contribution in [0.25, 0.3) is 6.08 Å². The fraction of sp³-hybridized carbons (Fsp3) is 0.348. The molecule has 27 heavy (non-hydrogen) atoms. The topological polar surface area (TPSA) is 47.6 Å². The summed E-state index contributed by atoms with van der Waals surface area (Å²) in [5.41, 5.74) is 4.29. The highest BCUT2D eigenvalue weighted by molar-refractivity contribution is 5.92. The van der Waals surface area contributed by atoms with E-state index in [-0.39, 0.29) is 11.9 Å². The number of ether oxygens (including phenoxy) is 2. The van der Waals surface area contributed by atoms with E-state index in [1.165, 1.54) is 0 Å². The molecule has 0 radical (unpaired) electrons. The molecule has 1 N–H and O–H groups in total. The van der Waals surface area contributed by atoms with Crippen molar-refractivity contribution in [3.63, 3.8) is 0 Å². The SMILES string of the molecule is COc1ccc(/C=C/C(=O)N[C@H](C)c2cc(C(C)C)c(OC)cc2C)cc1. The highest BCUT2D eigenvalue weighted by Gasteiger charge is 2.16. The van der Waals surface area contributed by atoms with E-state index >= 15 is 0 Å². The van der Waals surface area contributed by atoms with Crippen molar-refractivity contribution in [1.29, 1.82) is 0 Å². The molecular weight excluding hydrogens is 338 g/mol. The van der Waals surface area contributed by atoms with Crippen molar-refractivity contribution in [3.05, 3.63) is 64.7 Å². The molecule has 0 aliphatic carbocycles. The zero-order valence-electron chi connectivity index (χ0n) is 17.0. The van der Waals surface area contributed by atoms with Gasteiger partial charge in [0, 0.05) is 6.08 Å². The van der Waals surface area contributed by atoms with Gasteiger partial charge in [0.15, 0.2) is 0 Å². The number of rotatable bonds is 7. The van der Waals surface area contributed by atoms with Gasteiger partial charge in [-0.05, 0) is 72.4 Å². The fourth-order valence-electron chi connectivity index (χ4n) is 3.04. The second-order valence-corrected chi connectivity index (χ2v) is 6.94. The average Bonchev–Trinajstić information content (AvgIpc) is 2.66. The summed E-state index contributed by atoms with van der Waals surface area (Å²) in [6.07, 6.45) is 3.35. The van der Waals surface area contributed by atoms with Crippen LogP contribution in [0.2, 0.25) is 0 Å². The van der Waals surface area contributed by atoms with Crippen LogP contribution >= 0.6 is 0 Å². The Morgan fingerprint density at radius 2 is 1.67 bits per heavy atom. The number of aryl methyl sites for hydroxylation is 1. The summed E-state index contributed by atoms with van der Waals surface area (Å²) in [6, 6.07) is 11.6. The molecule has 0 aliphatic heterocycles. The highest BCUT2D eigenvalue weighted by atomic mass is 16.5. The van der Waals surface area contributed by atoms with Crippen LogP contribution in [-0.2, 0) is 4.79 Å². The lowest BCUT2D eigenvalue weighted by atomic mass is 9.93. The van der Waals surface area contributed by atoms with E-state index in [0.29, 0.717) is 5.92 Å². The average molecular weight is 367 g/mol. The first kappa shape index (κ1) is 20.6. The fourth-order valence-corrected chi connectivity index (χ4v) is 3.04. The zero-order valence-corrected chi connectivity index (χ0v) is 17.0. The summed E-state index contributed by atoms with van der Waals surface area (Å²) in [5, 5.41) is 3.04. The van der Waals surface area contributed by atoms with Crippen LogP contribution < -0.4 is 14.8 Å². The molecule has 0 heterocycles. The number of nitrogens with one attached hydrogen (secondary N) is 1. The zero-order chi connectivity index (χ0) is 20.0. The third kappa shape index (κ3) is 5.36. The maximum atomic E-state index is 12.3. The molecule has 0 saturated heterocycles. The van der Waals surface area contributed by atoms with E-state index in [0.717, 1.165) is 33.8 Å². The number of hydrogen-bond donors (Lipinski definition) is 1. The van der Waals surface area contributed by atoms with Crippen molar-refractivity contribution >= 4 is 12.0 Å². The number of carbonyl (C=O) groups is 1. The largest absolute Gasteiger partial charge is 0.497 e. The van der Waals surface area contributed by atoms with Gasteiger partial charge in [0.2, 0.25) is 5.91 Å². The minimum absolute atomic E-state index is 0.0959. The summed E-state index contributed by atoms with van der Waals surface area (Å²) in [6.45, 7) is 8.31. The number of benzene rings is 2. The van der Waals surface area contributed by atoms with Crippen molar-refractivity contribution in [3.8, 4) is 11.5 Å². The predicted molar refractivity (Wildman–Crippen MR) is 110 cm³/mol. The second-order valence-electron chi connectivity index (χ2n) is 6.94. The summed E-state index contributed by atoms with van der Waals surface area (Å²) in [4.78, 5) is 12.3. The summed E-state index contributed by atoms with van der Waals surface area (Å²) in [5.74, 6) is 1.90. The Kier molecular flexibility index (Phi) is 7.05. The first-order valence-corrected chi connectivity index (χ1v) is 9.16. The van der Waals surface area contributed by atoms with Crippen molar-refractivity contribution in [2.75, 3.05) is 14.2 Å². The standard InChI is InChI=1S/C23H29NO3/c1-15(2)20-14-21(16(3)13-22(20)27-6)17(4)24-23(25)12-9-18-7-10-19(26-5)11-8-18/h7-15,17H,1-6H3,(H,24,25)/b12-9+/t17-/m1/s1. The van der Waals surface area contributed by atoms with E-state index in [4.69, 9.17) is 9.47 Å². The second kappa shape index (κ2) is 9.26. The van der Waals surface area contributed by atoms with Gasteiger partial charge in [0.05, 0.1) is 20.3 Å². The first-order valence-electron chi connectivity index (χ1n) is 9.16. The van der Waals surface area contributed by atoms with E-state index in [9.17, 15) is 4.79 Å². The molecule has 4 heteroatoms. The van der Waals surface area contributed by atoms with Crippen LogP contribution in [-0.4, -0.2) is 20.1 Å². The molecule has 2 aromatic carbocycles. The maximum absolute atomic E-state index is 12.3. The third-order valence-corrected chi connectivity index (χ3v) is 4.61. The molecular formula is C23H29NO3. The van der Waals surface area contributed by atoms with Gasteiger partial charge in [0.25, 0.3) is 0 Å². The molecule has 0 bridgehead atoms. The number of hydrogen-bond acceptors (Lipinski definition) is 3. The van der Waals surface area contributed by atoms with Crippen LogP contribution in [0.1, 0.15) is 55.0 Å². The molecule has 2 rings (SSSR count). The number of carbonyl (C=O) groups excluding carboxylic acids is 1. The lowest BCUT2D eigenvalue weighted by Crippen LogP contribution is -2.25. The van der Waals surface area contributed by atoms with Gasteiger partial charge in [-0.3, -0.25) is 4.79 Å². The predicted octanol–water partition coefficient (Wildman–Crippen LogP) is 5.03. The minimum atomic E-state index is -0.125. The Labute approximate surface area is 162 Å². The summed E-state index contributed by atoms with van der Waals surface area (Å²) in [7, 11) is 3.32. The van der Waals surface area contributed by atoms with Crippen molar-refractivity contribution in [2.24, 2.45) is 0 Å². The van der Waals surface area contributed by atoms with E-state index in [1.807, 2.05) is 44.2 Å². The van der Waals surface area contributed by atoms with Gasteiger partial charge < -0.3 is 14.8 Å². The molecule has 2 aromatic rings. The van der Waals surface area contributed by atoms with E-state index in [1.54, 1.807) is 26.4 Å². The normalized spacial score (nSPS) is 12.3. The van der Waals surface area contributed by atoms with E-state index in [2.05, 4.69) is 25.2 Å². The van der Waals surface area contributed by atoms with Crippen molar-refractivity contribution in [1.82, 2.24) is 5.32 Å². The van der Waals surface area contributed by atoms with Crippen molar-refractivity contribution < 1.29 is 14.3 Å². The van der Waals surface area contributed by atoms with Gasteiger partial charge in [-0.25, -0.2) is 0 Å². The minimum Gasteiger partial charge on any atom is -0.497 e. The molecule has 0 fully saturated rings. The molecule has 1 atom stereocenters. The van der Waals surface area contributed by atoms with Gasteiger partial charge >= 0.3 is 0 Å². The maximum Gasteiger partial charge on any atom is 0.244 e. The van der Waals surface area contributed by atoms with Crippen LogP contribution in [0.4, 0.5) is 0 Å². The monoisotopic (exact) mass is 367 g/mol. The van der Waals surface area contributed by atoms with Gasteiger partial charge in [0.1, 0.15) is 11.5 Å². The molecule has 0 aromatic heterocycles. The smallest absolute Gasteiger partial charge is 0.244 e. The Balaban J connectivity index is 2.11. The molecule has 0 aliphatic rings. The lowest BCUT2D eigenvalue weighted by molar-refractivity contribution is -0.117. The Bertz CT molecular complexity index is 807. The van der Waals surface area contributed by atoms with Crippen LogP contribution in [0.5, 0.6) is 11.5 Å². The molecule has 0 spiro atoms. The van der Waals surface area contributed by atoms with E-state index < -0.39 is 0 Å². The third-order valence-electron chi connectivity index (χ3n) is 4.61. The molecule has 4 nitrogen and oxygen atoms in total. The highest BCUT2D eigenvalue weighted by Crippen LogP contribution is 2.32. The number of amides is 1. The Morgan fingerprint density at radius 3 is 2.22 bits per heavy atom. The first-order chi connectivity index (χ1) is 12.8. The lowest BCUT2D eigenvalue weighted by Gasteiger charge is -2.20. The molecule has 144 valence electrons. The Morgan fingerprint density at radius 1 is 1.00 bits per heavy atom. The van der Waals surface area contributed by atoms with Gasteiger partial charge in [-0.2, -0.15) is 0 Å². The van der Waals surface area contributed by atoms with Crippen LogP contribution in [0, 0.1) is 6.92 Å². The van der Waals surface area contributed by atoms with Crippen LogP contribution in [0.15, 0.2) is 42.5 Å².